The fourth-order valence-electron chi connectivity index (χ4n) is 2.40. The van der Waals surface area contributed by atoms with Gasteiger partial charge >= 0.3 is 6.18 Å². The number of benzene rings is 2. The first-order chi connectivity index (χ1) is 12.4. The first-order valence-corrected chi connectivity index (χ1v) is 9.34. The first-order valence-electron chi connectivity index (χ1n) is 7.90. The Labute approximate surface area is 155 Å². The maximum absolute atomic E-state index is 12.7. The van der Waals surface area contributed by atoms with Crippen LogP contribution >= 0.6 is 0 Å². The van der Waals surface area contributed by atoms with E-state index in [2.05, 4.69) is 5.32 Å². The molecule has 2 aromatic rings. The molecule has 0 atom stereocenters. The molecule has 1 amide bonds. The molecule has 2 aromatic carbocycles. The van der Waals surface area contributed by atoms with E-state index in [1.165, 1.54) is 38.4 Å². The number of alkyl halides is 3. The zero-order chi connectivity index (χ0) is 20.4. The second-order valence-corrected chi connectivity index (χ2v) is 8.31. The summed E-state index contributed by atoms with van der Waals surface area (Å²) in [5.41, 5.74) is 0.135. The number of aryl methyl sites for hydroxylation is 1. The molecule has 9 heteroatoms. The van der Waals surface area contributed by atoms with Gasteiger partial charge in [-0.25, -0.2) is 12.7 Å². The van der Waals surface area contributed by atoms with Gasteiger partial charge in [0.15, 0.2) is 0 Å². The standard InChI is InChI=1S/C18H19F3N2O3S/c1-12-7-8-15(11-16(12)27(25,26)23(2)3)22-17(24)10-13-5-4-6-14(9-13)18(19,20)21/h4-9,11H,10H2,1-3H3,(H,22,24). The summed E-state index contributed by atoms with van der Waals surface area (Å²) in [5, 5.41) is 2.52. The number of amides is 1. The van der Waals surface area contributed by atoms with E-state index in [4.69, 9.17) is 0 Å². The number of sulfonamides is 1. The van der Waals surface area contributed by atoms with Crippen molar-refractivity contribution < 1.29 is 26.4 Å². The van der Waals surface area contributed by atoms with E-state index in [1.54, 1.807) is 13.0 Å². The Bertz CT molecular complexity index is 955. The number of hydrogen-bond donors (Lipinski definition) is 1. The lowest BCUT2D eigenvalue weighted by Gasteiger charge is -2.15. The van der Waals surface area contributed by atoms with E-state index < -0.39 is 27.7 Å². The third kappa shape index (κ3) is 5.08. The van der Waals surface area contributed by atoms with E-state index in [0.717, 1.165) is 16.4 Å². The van der Waals surface area contributed by atoms with Gasteiger partial charge in [-0.05, 0) is 36.2 Å². The summed E-state index contributed by atoms with van der Waals surface area (Å²) in [6.07, 6.45) is -4.76. The van der Waals surface area contributed by atoms with Gasteiger partial charge in [0.05, 0.1) is 16.9 Å². The van der Waals surface area contributed by atoms with Gasteiger partial charge in [-0.15, -0.1) is 0 Å². The van der Waals surface area contributed by atoms with Crippen LogP contribution in [0.25, 0.3) is 0 Å². The molecular formula is C18H19F3N2O3S. The highest BCUT2D eigenvalue weighted by Crippen LogP contribution is 2.29. The lowest BCUT2D eigenvalue weighted by molar-refractivity contribution is -0.137. The highest BCUT2D eigenvalue weighted by molar-refractivity contribution is 7.89. The summed E-state index contributed by atoms with van der Waals surface area (Å²) in [6, 6.07) is 8.92. The Morgan fingerprint density at radius 3 is 2.37 bits per heavy atom. The largest absolute Gasteiger partial charge is 0.416 e. The minimum absolute atomic E-state index is 0.0457. The van der Waals surface area contributed by atoms with E-state index >= 15 is 0 Å². The molecular weight excluding hydrogens is 381 g/mol. The zero-order valence-electron chi connectivity index (χ0n) is 15.0. The predicted molar refractivity (Wildman–Crippen MR) is 95.8 cm³/mol. The molecule has 1 N–H and O–H groups in total. The monoisotopic (exact) mass is 400 g/mol. The highest BCUT2D eigenvalue weighted by Gasteiger charge is 2.30. The molecule has 5 nitrogen and oxygen atoms in total. The fraction of sp³-hybridized carbons (Fsp3) is 0.278. The van der Waals surface area contributed by atoms with Gasteiger partial charge in [-0.1, -0.05) is 24.3 Å². The van der Waals surface area contributed by atoms with Crippen molar-refractivity contribution in [3.63, 3.8) is 0 Å². The van der Waals surface area contributed by atoms with Crippen molar-refractivity contribution in [3.05, 3.63) is 59.2 Å². The summed E-state index contributed by atoms with van der Waals surface area (Å²) in [6.45, 7) is 1.63. The van der Waals surface area contributed by atoms with Gasteiger partial charge in [0.2, 0.25) is 15.9 Å². The van der Waals surface area contributed by atoms with Crippen LogP contribution in [-0.2, 0) is 27.4 Å². The molecule has 0 heterocycles. The van der Waals surface area contributed by atoms with Crippen molar-refractivity contribution in [2.24, 2.45) is 0 Å². The Kier molecular flexibility index (Phi) is 5.96. The van der Waals surface area contributed by atoms with E-state index in [9.17, 15) is 26.4 Å². The number of rotatable bonds is 5. The number of nitrogens with zero attached hydrogens (tertiary/aromatic N) is 1. The molecule has 146 valence electrons. The Morgan fingerprint density at radius 1 is 1.11 bits per heavy atom. The second-order valence-electron chi connectivity index (χ2n) is 6.19. The van der Waals surface area contributed by atoms with Gasteiger partial charge in [0.25, 0.3) is 0 Å². The van der Waals surface area contributed by atoms with Gasteiger partial charge < -0.3 is 5.32 Å². The van der Waals surface area contributed by atoms with Crippen LogP contribution in [-0.4, -0.2) is 32.7 Å². The second kappa shape index (κ2) is 7.69. The fourth-order valence-corrected chi connectivity index (χ4v) is 3.54. The van der Waals surface area contributed by atoms with Crippen molar-refractivity contribution in [2.75, 3.05) is 19.4 Å². The molecule has 0 radical (unpaired) electrons. The maximum Gasteiger partial charge on any atom is 0.416 e. The van der Waals surface area contributed by atoms with Crippen LogP contribution in [0, 0.1) is 6.92 Å². The molecule has 0 aliphatic carbocycles. The lowest BCUT2D eigenvalue weighted by Crippen LogP contribution is -2.23. The third-order valence-corrected chi connectivity index (χ3v) is 5.81. The summed E-state index contributed by atoms with van der Waals surface area (Å²) >= 11 is 0. The normalized spacial score (nSPS) is 12.3. The molecule has 0 saturated carbocycles. The zero-order valence-corrected chi connectivity index (χ0v) is 15.8. The highest BCUT2D eigenvalue weighted by atomic mass is 32.2. The molecule has 0 saturated heterocycles. The SMILES string of the molecule is Cc1ccc(NC(=O)Cc2cccc(C(F)(F)F)c2)cc1S(=O)(=O)N(C)C. The molecule has 0 aliphatic heterocycles. The summed E-state index contributed by atoms with van der Waals surface area (Å²) < 4.78 is 63.9. The van der Waals surface area contributed by atoms with Gasteiger partial charge in [-0.2, -0.15) is 13.2 Å². The average molecular weight is 400 g/mol. The Balaban J connectivity index is 2.20. The summed E-state index contributed by atoms with van der Waals surface area (Å²) in [5.74, 6) is -0.550. The van der Waals surface area contributed by atoms with Gasteiger partial charge in [-0.3, -0.25) is 4.79 Å². The first kappa shape index (κ1) is 20.9. The third-order valence-electron chi connectivity index (χ3n) is 3.85. The molecule has 0 unspecified atom stereocenters. The van der Waals surface area contributed by atoms with Crippen molar-refractivity contribution >= 4 is 21.6 Å². The van der Waals surface area contributed by atoms with Crippen LogP contribution in [0.5, 0.6) is 0 Å². The van der Waals surface area contributed by atoms with E-state index in [-0.39, 0.29) is 22.6 Å². The predicted octanol–water partition coefficient (Wildman–Crippen LogP) is 3.45. The van der Waals surface area contributed by atoms with Crippen molar-refractivity contribution in [1.29, 1.82) is 0 Å². The van der Waals surface area contributed by atoms with Crippen LogP contribution < -0.4 is 5.32 Å². The lowest BCUT2D eigenvalue weighted by atomic mass is 10.1. The number of anilines is 1. The molecule has 0 spiro atoms. The van der Waals surface area contributed by atoms with E-state index in [1.807, 2.05) is 0 Å². The van der Waals surface area contributed by atoms with E-state index in [0.29, 0.717) is 5.56 Å². The van der Waals surface area contributed by atoms with Gasteiger partial charge in [0, 0.05) is 19.8 Å². The van der Waals surface area contributed by atoms with Crippen molar-refractivity contribution in [3.8, 4) is 0 Å². The molecule has 0 bridgehead atoms. The smallest absolute Gasteiger partial charge is 0.326 e. The minimum atomic E-state index is -4.49. The molecule has 0 aliphatic rings. The molecule has 27 heavy (non-hydrogen) atoms. The van der Waals surface area contributed by atoms with Gasteiger partial charge in [0.1, 0.15) is 0 Å². The van der Waals surface area contributed by atoms with Crippen LogP contribution in [0.15, 0.2) is 47.4 Å². The van der Waals surface area contributed by atoms with Crippen LogP contribution in [0.4, 0.5) is 18.9 Å². The molecule has 0 fully saturated rings. The summed E-state index contributed by atoms with van der Waals surface area (Å²) in [4.78, 5) is 12.2. The number of carbonyl (C=O) groups excluding carboxylic acids is 1. The number of carbonyl (C=O) groups is 1. The average Bonchev–Trinajstić information content (AvgIpc) is 2.55. The summed E-state index contributed by atoms with van der Waals surface area (Å²) in [7, 11) is -0.897. The quantitative estimate of drug-likeness (QED) is 0.836. The Morgan fingerprint density at radius 2 is 1.78 bits per heavy atom. The number of halogens is 3. The van der Waals surface area contributed by atoms with Crippen LogP contribution in [0.1, 0.15) is 16.7 Å². The van der Waals surface area contributed by atoms with Crippen molar-refractivity contribution in [2.45, 2.75) is 24.4 Å². The molecule has 2 rings (SSSR count). The Hall–Kier alpha value is -2.39. The number of nitrogens with one attached hydrogen (secondary N) is 1. The van der Waals surface area contributed by atoms with Crippen LogP contribution in [0.2, 0.25) is 0 Å². The molecule has 0 aromatic heterocycles. The van der Waals surface area contributed by atoms with Crippen molar-refractivity contribution in [1.82, 2.24) is 4.31 Å². The minimum Gasteiger partial charge on any atom is -0.326 e. The number of hydrogen-bond acceptors (Lipinski definition) is 3. The van der Waals surface area contributed by atoms with Crippen LogP contribution in [0.3, 0.4) is 0 Å². The topological polar surface area (TPSA) is 66.5 Å². The maximum atomic E-state index is 12.7.